The van der Waals surface area contributed by atoms with Crippen molar-refractivity contribution in [3.8, 4) is 0 Å². The zero-order chi connectivity index (χ0) is 8.57. The van der Waals surface area contributed by atoms with E-state index in [0.29, 0.717) is 0 Å². The van der Waals surface area contributed by atoms with Crippen LogP contribution in [0.3, 0.4) is 0 Å². The van der Waals surface area contributed by atoms with Gasteiger partial charge >= 0.3 is 0 Å². The highest BCUT2D eigenvalue weighted by atomic mass is 32.2. The molecule has 0 bridgehead atoms. The van der Waals surface area contributed by atoms with Gasteiger partial charge < -0.3 is 9.47 Å². The number of nitrogens with two attached hydrogens (primary N) is 2. The van der Waals surface area contributed by atoms with Crippen LogP contribution in [0.2, 0.25) is 0 Å². The Bertz CT molecular complexity index is 61.7. The van der Waals surface area contributed by atoms with Crippen LogP contribution >= 0.6 is 25.6 Å². The monoisotopic (exact) mass is 187 g/mol. The molecule has 0 aromatic heterocycles. The highest BCUT2D eigenvalue weighted by molar-refractivity contribution is 7.93. The lowest BCUT2D eigenvalue weighted by molar-refractivity contribution is -0.135. The summed E-state index contributed by atoms with van der Waals surface area (Å²) in [6.45, 7) is 0. The van der Waals surface area contributed by atoms with E-state index in [1.165, 1.54) is 17.9 Å². The lowest BCUT2D eigenvalue weighted by Crippen LogP contribution is -2.23. The maximum atomic E-state index is 4.71. The van der Waals surface area contributed by atoms with Crippen LogP contribution in [0.25, 0.3) is 0 Å². The first kappa shape index (κ1) is 13.1. The van der Waals surface area contributed by atoms with E-state index in [-0.39, 0.29) is 0 Å². The third-order valence-electron chi connectivity index (χ3n) is 0.592. The predicted octanol–water partition coefficient (Wildman–Crippen LogP) is -0.627. The number of hydrazine groups is 1. The van der Waals surface area contributed by atoms with Crippen molar-refractivity contribution in [3.63, 3.8) is 0 Å². The molecule has 7 heteroatoms. The van der Waals surface area contributed by atoms with Crippen LogP contribution in [0.4, 0.5) is 0 Å². The Hall–Kier alpha value is 0.500. The fourth-order valence-electron chi connectivity index (χ4n) is 0.285. The molecule has 0 heterocycles. The van der Waals surface area contributed by atoms with E-state index in [9.17, 15) is 0 Å². The number of nitrogens with zero attached hydrogens (tertiary/aromatic N) is 1. The molecule has 0 unspecified atom stereocenters. The van der Waals surface area contributed by atoms with Gasteiger partial charge in [0, 0.05) is 14.2 Å². The fourth-order valence-corrected chi connectivity index (χ4v) is 0.662. The smallest absolute Gasteiger partial charge is 0.236 e. The third-order valence-corrected chi connectivity index (χ3v) is 0.969. The van der Waals surface area contributed by atoms with E-state index in [1.54, 1.807) is 0 Å². The van der Waals surface area contributed by atoms with Crippen molar-refractivity contribution in [2.45, 2.75) is 6.41 Å². The Balaban J connectivity index is 0. The Morgan fingerprint density at radius 3 is 1.50 bits per heavy atom. The molecule has 0 saturated carbocycles. The van der Waals surface area contributed by atoms with Gasteiger partial charge in [0.15, 0.2) is 0 Å². The van der Waals surface area contributed by atoms with Crippen LogP contribution in [0.15, 0.2) is 0 Å². The molecule has 0 aliphatic carbocycles. The predicted molar refractivity (Wildman–Crippen MR) is 46.0 cm³/mol. The Labute approximate surface area is 71.7 Å². The molecule has 0 amide bonds. The van der Waals surface area contributed by atoms with E-state index in [4.69, 9.17) is 9.47 Å². The lowest BCUT2D eigenvalue weighted by atomic mass is 11.1. The highest BCUT2D eigenvalue weighted by Gasteiger charge is 2.07. The van der Waals surface area contributed by atoms with Gasteiger partial charge in [-0.1, -0.05) is 25.6 Å². The second kappa shape index (κ2) is 9.50. The SMILES string of the molecule is COC(OC)N(S)S.NN. The highest BCUT2D eigenvalue weighted by Crippen LogP contribution is 2.05. The second-order valence-corrected chi connectivity index (χ2v) is 2.28. The minimum absolute atomic E-state index is 0.485. The van der Waals surface area contributed by atoms with Gasteiger partial charge in [0.25, 0.3) is 0 Å². The van der Waals surface area contributed by atoms with Gasteiger partial charge in [-0.25, -0.2) is 0 Å². The summed E-state index contributed by atoms with van der Waals surface area (Å²) in [6, 6.07) is 0. The van der Waals surface area contributed by atoms with Crippen molar-refractivity contribution in [3.05, 3.63) is 0 Å². The average Bonchev–Trinajstić information content (AvgIpc) is 1.94. The second-order valence-electron chi connectivity index (χ2n) is 1.10. The van der Waals surface area contributed by atoms with E-state index in [0.717, 1.165) is 0 Å². The minimum Gasteiger partial charge on any atom is -0.342 e. The average molecular weight is 187 g/mol. The quantitative estimate of drug-likeness (QED) is 0.205. The molecule has 0 aromatic rings. The summed E-state index contributed by atoms with van der Waals surface area (Å²) in [5.41, 5.74) is 0. The van der Waals surface area contributed by atoms with E-state index in [2.05, 4.69) is 37.3 Å². The number of hydrogen-bond donors (Lipinski definition) is 4. The van der Waals surface area contributed by atoms with Gasteiger partial charge in [0.1, 0.15) is 0 Å². The van der Waals surface area contributed by atoms with Crippen LogP contribution in [-0.4, -0.2) is 24.3 Å². The summed E-state index contributed by atoms with van der Waals surface area (Å²) < 4.78 is 10.6. The molecule has 0 saturated heterocycles. The topological polar surface area (TPSA) is 73.7 Å². The number of thiol groups is 2. The molecule has 0 radical (unpaired) electrons. The standard InChI is InChI=1S/C3H9NO2S2.H4N2/c1-5-3(6-2)4(7)8;1-2/h3,7-8H,1-2H3;1-2H2. The van der Waals surface area contributed by atoms with Crippen molar-refractivity contribution in [2.75, 3.05) is 14.2 Å². The first-order valence-electron chi connectivity index (χ1n) is 2.28. The molecule has 0 fully saturated rings. The van der Waals surface area contributed by atoms with E-state index < -0.39 is 6.41 Å². The number of methoxy groups -OCH3 is 2. The molecular formula is C3H13N3O2S2. The maximum Gasteiger partial charge on any atom is 0.236 e. The molecular weight excluding hydrogens is 174 g/mol. The minimum atomic E-state index is -0.485. The zero-order valence-electron chi connectivity index (χ0n) is 5.89. The van der Waals surface area contributed by atoms with Crippen LogP contribution in [0.1, 0.15) is 0 Å². The summed E-state index contributed by atoms with van der Waals surface area (Å²) in [5, 5.41) is 0. The van der Waals surface area contributed by atoms with Crippen molar-refractivity contribution < 1.29 is 9.47 Å². The van der Waals surface area contributed by atoms with Crippen molar-refractivity contribution in [1.29, 1.82) is 0 Å². The largest absolute Gasteiger partial charge is 0.342 e. The van der Waals surface area contributed by atoms with Gasteiger partial charge in [0.2, 0.25) is 6.41 Å². The van der Waals surface area contributed by atoms with Crippen molar-refractivity contribution in [1.82, 2.24) is 3.71 Å². The van der Waals surface area contributed by atoms with Gasteiger partial charge in [-0.15, -0.1) is 3.71 Å². The molecule has 0 spiro atoms. The Kier molecular flexibility index (Phi) is 12.5. The first-order valence-corrected chi connectivity index (χ1v) is 3.08. The normalized spacial score (nSPS) is 9.60. The molecule has 0 atom stereocenters. The molecule has 5 nitrogen and oxygen atoms in total. The van der Waals surface area contributed by atoms with Crippen LogP contribution < -0.4 is 11.7 Å². The zero-order valence-corrected chi connectivity index (χ0v) is 7.68. The third kappa shape index (κ3) is 6.62. The Morgan fingerprint density at radius 1 is 1.20 bits per heavy atom. The number of ether oxygens (including phenoxy) is 2. The van der Waals surface area contributed by atoms with Gasteiger partial charge in [-0.3, -0.25) is 11.7 Å². The molecule has 0 aliphatic rings. The van der Waals surface area contributed by atoms with Crippen LogP contribution in [0, 0.1) is 0 Å². The van der Waals surface area contributed by atoms with E-state index in [1.807, 2.05) is 0 Å². The van der Waals surface area contributed by atoms with Crippen molar-refractivity contribution >= 4 is 25.6 Å². The van der Waals surface area contributed by atoms with Gasteiger partial charge in [0.05, 0.1) is 0 Å². The Morgan fingerprint density at radius 2 is 1.50 bits per heavy atom. The summed E-state index contributed by atoms with van der Waals surface area (Å²) in [6.07, 6.45) is -0.485. The summed E-state index contributed by atoms with van der Waals surface area (Å²) in [4.78, 5) is 0. The number of hydrogen-bond acceptors (Lipinski definition) is 7. The molecule has 10 heavy (non-hydrogen) atoms. The number of rotatable bonds is 3. The van der Waals surface area contributed by atoms with Gasteiger partial charge in [-0.05, 0) is 0 Å². The molecule has 0 aliphatic heterocycles. The lowest BCUT2D eigenvalue weighted by Gasteiger charge is -2.17. The summed E-state index contributed by atoms with van der Waals surface area (Å²) in [7, 11) is 3.02. The van der Waals surface area contributed by atoms with Gasteiger partial charge in [-0.2, -0.15) is 0 Å². The maximum absolute atomic E-state index is 4.71. The summed E-state index contributed by atoms with van der Waals surface area (Å²) >= 11 is 7.60. The molecule has 0 rings (SSSR count). The summed E-state index contributed by atoms with van der Waals surface area (Å²) in [5.74, 6) is 8.00. The van der Waals surface area contributed by atoms with Crippen LogP contribution in [-0.2, 0) is 9.47 Å². The van der Waals surface area contributed by atoms with Crippen molar-refractivity contribution in [2.24, 2.45) is 11.7 Å². The molecule has 0 aromatic carbocycles. The van der Waals surface area contributed by atoms with E-state index >= 15 is 0 Å². The van der Waals surface area contributed by atoms with Crippen LogP contribution in [0.5, 0.6) is 0 Å². The first-order chi connectivity index (χ1) is 4.72. The fraction of sp³-hybridized carbons (Fsp3) is 1.00. The molecule has 4 N–H and O–H groups in total. The molecule has 64 valence electrons.